The molecule has 0 saturated heterocycles. The van der Waals surface area contributed by atoms with E-state index in [2.05, 4.69) is 61.0 Å². The summed E-state index contributed by atoms with van der Waals surface area (Å²) in [7, 11) is 1.87. The van der Waals surface area contributed by atoms with Gasteiger partial charge in [0, 0.05) is 19.8 Å². The molecule has 4 nitrogen and oxygen atoms in total. The minimum Gasteiger partial charge on any atom is -0.386 e. The second kappa shape index (κ2) is 7.86. The highest BCUT2D eigenvalue weighted by Gasteiger charge is 2.06. The standard InChI is InChI=1S/C15H12FI2N3O/c1-19-14-12(17)5-9(6-13(14)18)8-20-21-15(22)10-3-2-4-11(16)7-10/h2-8,19H,1H3,(H,21,22)/b20-8-. The Hall–Kier alpha value is -1.23. The molecule has 0 radical (unpaired) electrons. The zero-order chi connectivity index (χ0) is 16.1. The molecule has 2 rings (SSSR count). The minimum absolute atomic E-state index is 0.229. The van der Waals surface area contributed by atoms with Gasteiger partial charge >= 0.3 is 0 Å². The Labute approximate surface area is 154 Å². The second-order valence-electron chi connectivity index (χ2n) is 4.32. The number of rotatable bonds is 4. The van der Waals surface area contributed by atoms with Crippen molar-refractivity contribution in [3.8, 4) is 0 Å². The van der Waals surface area contributed by atoms with Crippen LogP contribution >= 0.6 is 45.2 Å². The molecule has 0 aliphatic rings. The molecule has 0 fully saturated rings. The number of benzene rings is 2. The molecule has 1 amide bonds. The van der Waals surface area contributed by atoms with Crippen molar-refractivity contribution in [3.05, 3.63) is 60.5 Å². The normalized spacial score (nSPS) is 10.7. The summed E-state index contributed by atoms with van der Waals surface area (Å²) in [5.41, 5.74) is 4.54. The number of anilines is 1. The van der Waals surface area contributed by atoms with E-state index in [1.165, 1.54) is 24.3 Å². The van der Waals surface area contributed by atoms with E-state index in [1.54, 1.807) is 6.21 Å². The summed E-state index contributed by atoms with van der Waals surface area (Å²) in [6.45, 7) is 0. The summed E-state index contributed by atoms with van der Waals surface area (Å²) in [6.07, 6.45) is 1.56. The molecule has 0 spiro atoms. The van der Waals surface area contributed by atoms with E-state index in [4.69, 9.17) is 0 Å². The zero-order valence-electron chi connectivity index (χ0n) is 11.5. The van der Waals surface area contributed by atoms with Crippen molar-refractivity contribution in [3.63, 3.8) is 0 Å². The fourth-order valence-corrected chi connectivity index (χ4v) is 4.12. The number of carbonyl (C=O) groups is 1. The predicted octanol–water partition coefficient (Wildman–Crippen LogP) is 3.84. The monoisotopic (exact) mass is 523 g/mol. The third-order valence-electron chi connectivity index (χ3n) is 2.78. The van der Waals surface area contributed by atoms with Crippen molar-refractivity contribution >= 4 is 63.0 Å². The lowest BCUT2D eigenvalue weighted by atomic mass is 10.2. The molecule has 2 aromatic rings. The van der Waals surface area contributed by atoms with Crippen molar-refractivity contribution in [1.29, 1.82) is 0 Å². The molecular weight excluding hydrogens is 511 g/mol. The number of hydrogen-bond donors (Lipinski definition) is 2. The maximum Gasteiger partial charge on any atom is 0.271 e. The summed E-state index contributed by atoms with van der Waals surface area (Å²) in [5, 5.41) is 7.04. The van der Waals surface area contributed by atoms with Crippen LogP contribution < -0.4 is 10.7 Å². The third-order valence-corrected chi connectivity index (χ3v) is 4.48. The van der Waals surface area contributed by atoms with Crippen molar-refractivity contribution in [1.82, 2.24) is 5.43 Å². The minimum atomic E-state index is -0.455. The van der Waals surface area contributed by atoms with E-state index >= 15 is 0 Å². The highest BCUT2D eigenvalue weighted by Crippen LogP contribution is 2.25. The molecular formula is C15H12FI2N3O. The van der Waals surface area contributed by atoms with Crippen LogP contribution in [0.15, 0.2) is 41.5 Å². The van der Waals surface area contributed by atoms with Crippen molar-refractivity contribution in [2.24, 2.45) is 5.10 Å². The Morgan fingerprint density at radius 2 is 1.91 bits per heavy atom. The third kappa shape index (κ3) is 4.38. The highest BCUT2D eigenvalue weighted by molar-refractivity contribution is 14.1. The van der Waals surface area contributed by atoms with Gasteiger partial charge in [-0.05, 0) is 81.1 Å². The average molecular weight is 523 g/mol. The van der Waals surface area contributed by atoms with Gasteiger partial charge in [-0.15, -0.1) is 0 Å². The van der Waals surface area contributed by atoms with Gasteiger partial charge in [0.25, 0.3) is 5.91 Å². The number of carbonyl (C=O) groups excluding carboxylic acids is 1. The van der Waals surface area contributed by atoms with E-state index in [1.807, 2.05) is 19.2 Å². The quantitative estimate of drug-likeness (QED) is 0.364. The van der Waals surface area contributed by atoms with E-state index in [0.717, 1.165) is 18.4 Å². The fraction of sp³-hybridized carbons (Fsp3) is 0.0667. The van der Waals surface area contributed by atoms with Crippen LogP contribution in [0.1, 0.15) is 15.9 Å². The Bertz CT molecular complexity index is 711. The van der Waals surface area contributed by atoms with E-state index in [-0.39, 0.29) is 5.56 Å². The van der Waals surface area contributed by atoms with Gasteiger partial charge in [0.05, 0.1) is 11.9 Å². The summed E-state index contributed by atoms with van der Waals surface area (Å²) in [4.78, 5) is 11.8. The number of nitrogens with zero attached hydrogens (tertiary/aromatic N) is 1. The topological polar surface area (TPSA) is 53.5 Å². The van der Waals surface area contributed by atoms with Crippen LogP contribution in [0.3, 0.4) is 0 Å². The lowest BCUT2D eigenvalue weighted by Gasteiger charge is -2.07. The molecule has 2 N–H and O–H groups in total. The summed E-state index contributed by atoms with van der Waals surface area (Å²) >= 11 is 4.46. The van der Waals surface area contributed by atoms with E-state index < -0.39 is 11.7 Å². The molecule has 0 unspecified atom stereocenters. The first-order valence-corrected chi connectivity index (χ1v) is 8.43. The number of amides is 1. The van der Waals surface area contributed by atoms with Crippen molar-refractivity contribution in [2.45, 2.75) is 0 Å². The number of halogens is 3. The van der Waals surface area contributed by atoms with Crippen LogP contribution in [0, 0.1) is 13.0 Å². The van der Waals surface area contributed by atoms with Gasteiger partial charge < -0.3 is 5.32 Å². The van der Waals surface area contributed by atoms with Crippen LogP contribution in [-0.4, -0.2) is 19.2 Å². The van der Waals surface area contributed by atoms with Crippen LogP contribution in [-0.2, 0) is 0 Å². The highest BCUT2D eigenvalue weighted by atomic mass is 127. The summed E-state index contributed by atoms with van der Waals surface area (Å²) < 4.78 is 15.2. The van der Waals surface area contributed by atoms with Crippen LogP contribution in [0.2, 0.25) is 0 Å². The number of hydrazone groups is 1. The molecule has 7 heteroatoms. The van der Waals surface area contributed by atoms with Gasteiger partial charge in [0.2, 0.25) is 0 Å². The smallest absolute Gasteiger partial charge is 0.271 e. The van der Waals surface area contributed by atoms with Gasteiger partial charge in [-0.25, -0.2) is 9.82 Å². The van der Waals surface area contributed by atoms with Gasteiger partial charge in [-0.3, -0.25) is 4.79 Å². The molecule has 0 aliphatic carbocycles. The Morgan fingerprint density at radius 3 is 2.50 bits per heavy atom. The first-order valence-electron chi connectivity index (χ1n) is 6.27. The lowest BCUT2D eigenvalue weighted by molar-refractivity contribution is 0.0954. The molecule has 0 bridgehead atoms. The zero-order valence-corrected chi connectivity index (χ0v) is 15.8. The van der Waals surface area contributed by atoms with E-state index in [0.29, 0.717) is 0 Å². The maximum atomic E-state index is 13.0. The average Bonchev–Trinajstić information content (AvgIpc) is 2.47. The molecule has 0 aromatic heterocycles. The van der Waals surface area contributed by atoms with Gasteiger partial charge in [-0.1, -0.05) is 6.07 Å². The molecule has 114 valence electrons. The Morgan fingerprint density at radius 1 is 1.23 bits per heavy atom. The SMILES string of the molecule is CNc1c(I)cc(/C=N\NC(=O)c2cccc(F)c2)cc1I. The summed E-state index contributed by atoms with van der Waals surface area (Å²) in [6, 6.07) is 9.36. The molecule has 22 heavy (non-hydrogen) atoms. The lowest BCUT2D eigenvalue weighted by Crippen LogP contribution is -2.17. The van der Waals surface area contributed by atoms with Crippen LogP contribution in [0.4, 0.5) is 10.1 Å². The van der Waals surface area contributed by atoms with Crippen LogP contribution in [0.5, 0.6) is 0 Å². The fourth-order valence-electron chi connectivity index (χ4n) is 1.77. The number of hydrogen-bond acceptors (Lipinski definition) is 3. The maximum absolute atomic E-state index is 13.0. The Balaban J connectivity index is 2.08. The summed E-state index contributed by atoms with van der Waals surface area (Å²) in [5.74, 6) is -0.907. The van der Waals surface area contributed by atoms with Gasteiger partial charge in [0.15, 0.2) is 0 Å². The molecule has 0 aliphatic heterocycles. The van der Waals surface area contributed by atoms with Gasteiger partial charge in [-0.2, -0.15) is 5.10 Å². The van der Waals surface area contributed by atoms with E-state index in [9.17, 15) is 9.18 Å². The largest absolute Gasteiger partial charge is 0.386 e. The van der Waals surface area contributed by atoms with Gasteiger partial charge in [0.1, 0.15) is 5.82 Å². The predicted molar refractivity (Wildman–Crippen MR) is 103 cm³/mol. The molecule has 2 aromatic carbocycles. The number of nitrogens with one attached hydrogen (secondary N) is 2. The first-order chi connectivity index (χ1) is 10.5. The molecule has 0 atom stereocenters. The van der Waals surface area contributed by atoms with Crippen molar-refractivity contribution in [2.75, 3.05) is 12.4 Å². The first kappa shape index (κ1) is 17.1. The molecule has 0 saturated carbocycles. The molecule has 0 heterocycles. The van der Waals surface area contributed by atoms with Crippen LogP contribution in [0.25, 0.3) is 0 Å². The van der Waals surface area contributed by atoms with Crippen molar-refractivity contribution < 1.29 is 9.18 Å². The second-order valence-corrected chi connectivity index (χ2v) is 6.64. The Kier molecular flexibility index (Phi) is 6.12.